The van der Waals surface area contributed by atoms with Crippen LogP contribution in [0.25, 0.3) is 11.3 Å². The van der Waals surface area contributed by atoms with E-state index >= 15 is 0 Å². The van der Waals surface area contributed by atoms with Gasteiger partial charge in [0.15, 0.2) is 0 Å². The molecular weight excluding hydrogens is 358 g/mol. The summed E-state index contributed by atoms with van der Waals surface area (Å²) in [5.74, 6) is -0.557. The Balaban J connectivity index is 1.42. The molecule has 1 fully saturated rings. The van der Waals surface area contributed by atoms with Crippen LogP contribution in [-0.4, -0.2) is 28.1 Å². The number of rotatable bonds is 4. The van der Waals surface area contributed by atoms with Crippen LogP contribution in [0.4, 0.5) is 8.78 Å². The third-order valence-corrected chi connectivity index (χ3v) is 5.40. The molecule has 28 heavy (non-hydrogen) atoms. The second-order valence-corrected chi connectivity index (χ2v) is 7.34. The maximum absolute atomic E-state index is 13.1. The zero-order valence-corrected chi connectivity index (χ0v) is 15.5. The Morgan fingerprint density at radius 3 is 2.11 bits per heavy atom. The van der Waals surface area contributed by atoms with Crippen LogP contribution in [0.1, 0.15) is 24.1 Å². The number of benzene rings is 2. The van der Waals surface area contributed by atoms with E-state index in [9.17, 15) is 13.9 Å². The molecule has 144 valence electrons. The van der Waals surface area contributed by atoms with Gasteiger partial charge in [-0.15, -0.1) is 0 Å². The second-order valence-electron chi connectivity index (χ2n) is 7.34. The third-order valence-electron chi connectivity index (χ3n) is 5.40. The summed E-state index contributed by atoms with van der Waals surface area (Å²) in [7, 11) is 0. The smallest absolute Gasteiger partial charge is 0.123 e. The summed E-state index contributed by atoms with van der Waals surface area (Å²) < 4.78 is 26.3. The van der Waals surface area contributed by atoms with Gasteiger partial charge in [-0.1, -0.05) is 18.2 Å². The highest BCUT2D eigenvalue weighted by atomic mass is 19.1. The molecule has 0 amide bonds. The molecule has 3 aromatic rings. The number of pyridine rings is 1. The van der Waals surface area contributed by atoms with Gasteiger partial charge in [-0.2, -0.15) is 0 Å². The molecule has 3 nitrogen and oxygen atoms in total. The van der Waals surface area contributed by atoms with Gasteiger partial charge in [0.05, 0.1) is 17.0 Å². The molecule has 1 N–H and O–H groups in total. The number of halogens is 2. The zero-order valence-electron chi connectivity index (χ0n) is 15.5. The van der Waals surface area contributed by atoms with E-state index in [1.165, 1.54) is 24.3 Å². The van der Waals surface area contributed by atoms with E-state index in [-0.39, 0.29) is 11.6 Å². The van der Waals surface area contributed by atoms with Crippen molar-refractivity contribution >= 4 is 0 Å². The van der Waals surface area contributed by atoms with E-state index in [2.05, 4.69) is 4.90 Å². The van der Waals surface area contributed by atoms with Crippen molar-refractivity contribution < 1.29 is 13.9 Å². The summed E-state index contributed by atoms with van der Waals surface area (Å²) in [6.07, 6.45) is 1.19. The second kappa shape index (κ2) is 7.78. The van der Waals surface area contributed by atoms with Gasteiger partial charge in [0.1, 0.15) is 11.6 Å². The van der Waals surface area contributed by atoms with Crippen LogP contribution in [0.15, 0.2) is 66.7 Å². The molecule has 0 aliphatic carbocycles. The van der Waals surface area contributed by atoms with Crippen LogP contribution < -0.4 is 0 Å². The number of aromatic nitrogens is 1. The maximum Gasteiger partial charge on any atom is 0.123 e. The standard InChI is InChI=1S/C23H22F2N2O/c24-19-8-4-17(5-9-19)22-3-1-2-21(26-22)16-27-14-12-23(28,13-15-27)18-6-10-20(25)11-7-18/h1-11,28H,12-16H2. The van der Waals surface area contributed by atoms with Crippen molar-refractivity contribution in [3.8, 4) is 11.3 Å². The van der Waals surface area contributed by atoms with Crippen LogP contribution in [0, 0.1) is 11.6 Å². The summed E-state index contributed by atoms with van der Waals surface area (Å²) >= 11 is 0. The largest absolute Gasteiger partial charge is 0.385 e. The summed E-state index contributed by atoms with van der Waals surface area (Å²) in [4.78, 5) is 6.96. The summed E-state index contributed by atoms with van der Waals surface area (Å²) in [5, 5.41) is 10.9. The van der Waals surface area contributed by atoms with Crippen molar-refractivity contribution in [2.24, 2.45) is 0 Å². The van der Waals surface area contributed by atoms with Crippen LogP contribution in [-0.2, 0) is 12.1 Å². The number of hydrogen-bond donors (Lipinski definition) is 1. The Bertz CT molecular complexity index is 934. The lowest BCUT2D eigenvalue weighted by molar-refractivity contribution is -0.0280. The molecule has 0 saturated carbocycles. The van der Waals surface area contributed by atoms with Gasteiger partial charge >= 0.3 is 0 Å². The fourth-order valence-electron chi connectivity index (χ4n) is 3.71. The number of aliphatic hydroxyl groups is 1. The Labute approximate surface area is 163 Å². The fraction of sp³-hybridized carbons (Fsp3) is 0.261. The highest BCUT2D eigenvalue weighted by Gasteiger charge is 2.34. The average Bonchev–Trinajstić information content (AvgIpc) is 2.71. The molecule has 1 aliphatic heterocycles. The Morgan fingerprint density at radius 2 is 1.46 bits per heavy atom. The van der Waals surface area contributed by atoms with E-state index < -0.39 is 5.60 Å². The molecule has 2 heterocycles. The Morgan fingerprint density at radius 1 is 0.857 bits per heavy atom. The number of piperidine rings is 1. The lowest BCUT2D eigenvalue weighted by Gasteiger charge is -2.38. The minimum atomic E-state index is -0.909. The molecule has 0 spiro atoms. The first kappa shape index (κ1) is 18.7. The summed E-state index contributed by atoms with van der Waals surface area (Å²) in [6.45, 7) is 2.15. The SMILES string of the molecule is OC1(c2ccc(F)cc2)CCN(Cc2cccc(-c3ccc(F)cc3)n2)CC1. The van der Waals surface area contributed by atoms with Crippen molar-refractivity contribution in [1.29, 1.82) is 0 Å². The normalized spacial score (nSPS) is 16.8. The summed E-state index contributed by atoms with van der Waals surface area (Å²) in [6, 6.07) is 18.3. The molecular formula is C23H22F2N2O. The first-order chi connectivity index (χ1) is 13.5. The lowest BCUT2D eigenvalue weighted by atomic mass is 9.84. The van der Waals surface area contributed by atoms with Gasteiger partial charge in [0, 0.05) is 25.2 Å². The van der Waals surface area contributed by atoms with E-state index in [0.717, 1.165) is 35.6 Å². The molecule has 0 radical (unpaired) electrons. The minimum Gasteiger partial charge on any atom is -0.385 e. The highest BCUT2D eigenvalue weighted by molar-refractivity contribution is 5.58. The fourth-order valence-corrected chi connectivity index (χ4v) is 3.71. The van der Waals surface area contributed by atoms with Crippen molar-refractivity contribution in [2.75, 3.05) is 13.1 Å². The van der Waals surface area contributed by atoms with Gasteiger partial charge in [-0.25, -0.2) is 8.78 Å². The topological polar surface area (TPSA) is 36.4 Å². The van der Waals surface area contributed by atoms with Crippen LogP contribution in [0.3, 0.4) is 0 Å². The quantitative estimate of drug-likeness (QED) is 0.723. The van der Waals surface area contributed by atoms with Crippen LogP contribution in [0.5, 0.6) is 0 Å². The van der Waals surface area contributed by atoms with Gasteiger partial charge < -0.3 is 5.11 Å². The van der Waals surface area contributed by atoms with E-state index in [4.69, 9.17) is 4.98 Å². The monoisotopic (exact) mass is 380 g/mol. The highest BCUT2D eigenvalue weighted by Crippen LogP contribution is 2.33. The molecule has 2 aromatic carbocycles. The van der Waals surface area contributed by atoms with Crippen molar-refractivity contribution in [3.05, 3.63) is 89.6 Å². The Kier molecular flexibility index (Phi) is 5.20. The van der Waals surface area contributed by atoms with Crippen molar-refractivity contribution in [3.63, 3.8) is 0 Å². The molecule has 1 saturated heterocycles. The molecule has 0 unspecified atom stereocenters. The molecule has 4 rings (SSSR count). The number of nitrogens with zero attached hydrogens (tertiary/aromatic N) is 2. The first-order valence-electron chi connectivity index (χ1n) is 9.44. The van der Waals surface area contributed by atoms with Crippen molar-refractivity contribution in [1.82, 2.24) is 9.88 Å². The predicted molar refractivity (Wildman–Crippen MR) is 104 cm³/mol. The van der Waals surface area contributed by atoms with Crippen molar-refractivity contribution in [2.45, 2.75) is 25.0 Å². The lowest BCUT2D eigenvalue weighted by Crippen LogP contribution is -2.42. The van der Waals surface area contributed by atoms with Gasteiger partial charge in [-0.05, 0) is 66.9 Å². The van der Waals surface area contributed by atoms with Gasteiger partial charge in [-0.3, -0.25) is 9.88 Å². The summed E-state index contributed by atoms with van der Waals surface area (Å²) in [5.41, 5.74) is 2.50. The minimum absolute atomic E-state index is 0.262. The molecule has 5 heteroatoms. The van der Waals surface area contributed by atoms with Crippen LogP contribution in [0.2, 0.25) is 0 Å². The van der Waals surface area contributed by atoms with E-state index in [1.54, 1.807) is 24.3 Å². The van der Waals surface area contributed by atoms with Gasteiger partial charge in [0.25, 0.3) is 0 Å². The molecule has 1 aromatic heterocycles. The average molecular weight is 380 g/mol. The zero-order chi connectivity index (χ0) is 19.6. The Hall–Kier alpha value is -2.63. The third kappa shape index (κ3) is 4.11. The molecule has 0 atom stereocenters. The molecule has 1 aliphatic rings. The van der Waals surface area contributed by atoms with Gasteiger partial charge in [0.2, 0.25) is 0 Å². The number of likely N-dealkylation sites (tertiary alicyclic amines) is 1. The predicted octanol–water partition coefficient (Wildman–Crippen LogP) is 4.51. The molecule has 0 bridgehead atoms. The maximum atomic E-state index is 13.1. The van der Waals surface area contributed by atoms with E-state index in [1.807, 2.05) is 18.2 Å². The first-order valence-corrected chi connectivity index (χ1v) is 9.44. The van der Waals surface area contributed by atoms with E-state index in [0.29, 0.717) is 19.4 Å². The number of hydrogen-bond acceptors (Lipinski definition) is 3. The van der Waals surface area contributed by atoms with Crippen LogP contribution >= 0.6 is 0 Å².